The Bertz CT molecular complexity index is 198. The molecule has 1 aliphatic heterocycles. The van der Waals surface area contributed by atoms with Crippen molar-refractivity contribution in [1.82, 2.24) is 4.72 Å². The second-order valence-corrected chi connectivity index (χ2v) is 4.58. The first-order valence-electron chi connectivity index (χ1n) is 3.07. The molecule has 1 rings (SSSR count). The number of hydrogen-bond donors (Lipinski definition) is 2. The van der Waals surface area contributed by atoms with Crippen LogP contribution in [0.3, 0.4) is 0 Å². The Labute approximate surface area is 62.5 Å². The van der Waals surface area contributed by atoms with Crippen LogP contribution in [-0.2, 0) is 0 Å². The second-order valence-electron chi connectivity index (χ2n) is 3.03. The minimum atomic E-state index is -0.759. The summed E-state index contributed by atoms with van der Waals surface area (Å²) < 4.78 is 2.92. The van der Waals surface area contributed by atoms with Gasteiger partial charge in [-0.05, 0) is 16.0 Å². The first kappa shape index (κ1) is 7.75. The van der Waals surface area contributed by atoms with Crippen molar-refractivity contribution in [2.75, 3.05) is 6.54 Å². The molecule has 0 aromatic rings. The SMILES string of the molecule is CC1(C)C=S(C(=O)O)NC1. The monoisotopic (exact) mass is 161 g/mol. The lowest BCUT2D eigenvalue weighted by atomic mass is 9.98. The average Bonchev–Trinajstić information content (AvgIpc) is 2.10. The van der Waals surface area contributed by atoms with Gasteiger partial charge in [-0.1, -0.05) is 13.8 Å². The first-order valence-corrected chi connectivity index (χ1v) is 4.36. The summed E-state index contributed by atoms with van der Waals surface area (Å²) in [6, 6.07) is 0. The van der Waals surface area contributed by atoms with Crippen LogP contribution in [0.1, 0.15) is 13.8 Å². The molecule has 0 aliphatic carbocycles. The molecule has 1 aliphatic rings. The van der Waals surface area contributed by atoms with Crippen molar-refractivity contribution in [3.63, 3.8) is 0 Å². The molecule has 1 heterocycles. The Hall–Kier alpha value is -0.350. The summed E-state index contributed by atoms with van der Waals surface area (Å²) in [7, 11) is -0.707. The lowest BCUT2D eigenvalue weighted by Gasteiger charge is -2.10. The molecule has 1 atom stereocenters. The predicted octanol–water partition coefficient (Wildman–Crippen LogP) is 1.28. The van der Waals surface area contributed by atoms with Crippen LogP contribution in [0.2, 0.25) is 0 Å². The normalized spacial score (nSPS) is 29.6. The van der Waals surface area contributed by atoms with Crippen molar-refractivity contribution < 1.29 is 9.90 Å². The molecule has 0 amide bonds. The highest BCUT2D eigenvalue weighted by atomic mass is 32.2. The average molecular weight is 161 g/mol. The molecule has 0 fully saturated rings. The molecule has 58 valence electrons. The quantitative estimate of drug-likeness (QED) is 0.526. The fraction of sp³-hybridized carbons (Fsp3) is 0.667. The summed E-state index contributed by atoms with van der Waals surface area (Å²) in [4.78, 5) is 10.4. The van der Waals surface area contributed by atoms with Gasteiger partial charge in [0.05, 0.1) is 0 Å². The standard InChI is InChI=1S/C6H11NO2S/c1-6(2)3-7-10(4-6)5(8)9/h4,7H,3H2,1-2H3,(H,8,9). The van der Waals surface area contributed by atoms with Gasteiger partial charge in [0, 0.05) is 12.0 Å². The minimum Gasteiger partial charge on any atom is -0.473 e. The van der Waals surface area contributed by atoms with Crippen LogP contribution in [0, 0.1) is 5.41 Å². The van der Waals surface area contributed by atoms with Crippen LogP contribution in [-0.4, -0.2) is 22.3 Å². The van der Waals surface area contributed by atoms with Crippen LogP contribution in [0.25, 0.3) is 0 Å². The Kier molecular flexibility index (Phi) is 1.83. The molecular formula is C6H11NO2S. The fourth-order valence-corrected chi connectivity index (χ4v) is 2.33. The molecule has 0 bridgehead atoms. The predicted molar refractivity (Wildman–Crippen MR) is 43.5 cm³/mol. The molecule has 10 heavy (non-hydrogen) atoms. The van der Waals surface area contributed by atoms with E-state index < -0.39 is 16.0 Å². The highest BCUT2D eigenvalue weighted by Gasteiger charge is 2.24. The van der Waals surface area contributed by atoms with Crippen molar-refractivity contribution in [2.24, 2.45) is 5.41 Å². The molecule has 2 N–H and O–H groups in total. The minimum absolute atomic E-state index is 0.0432. The summed E-state index contributed by atoms with van der Waals surface area (Å²) in [5.41, 5.74) is 0.0432. The Morgan fingerprint density at radius 3 is 2.60 bits per heavy atom. The largest absolute Gasteiger partial charge is 0.473 e. The molecule has 0 spiro atoms. The zero-order valence-corrected chi connectivity index (χ0v) is 6.86. The molecule has 0 aromatic carbocycles. The van der Waals surface area contributed by atoms with Gasteiger partial charge in [0.25, 0.3) is 0 Å². The van der Waals surface area contributed by atoms with Gasteiger partial charge in [0.15, 0.2) is 0 Å². The van der Waals surface area contributed by atoms with Gasteiger partial charge >= 0.3 is 5.30 Å². The fourth-order valence-electron chi connectivity index (χ4n) is 0.778. The van der Waals surface area contributed by atoms with Crippen LogP contribution < -0.4 is 4.72 Å². The van der Waals surface area contributed by atoms with Crippen molar-refractivity contribution in [3.8, 4) is 0 Å². The van der Waals surface area contributed by atoms with Crippen molar-refractivity contribution in [2.45, 2.75) is 13.8 Å². The molecule has 0 saturated heterocycles. The van der Waals surface area contributed by atoms with E-state index >= 15 is 0 Å². The van der Waals surface area contributed by atoms with Crippen molar-refractivity contribution in [3.05, 3.63) is 0 Å². The lowest BCUT2D eigenvalue weighted by molar-refractivity contribution is 0.222. The number of rotatable bonds is 0. The maximum absolute atomic E-state index is 10.4. The number of carboxylic acid groups (broad SMARTS) is 1. The second kappa shape index (κ2) is 2.36. The summed E-state index contributed by atoms with van der Waals surface area (Å²) >= 11 is 0. The summed E-state index contributed by atoms with van der Waals surface area (Å²) in [5, 5.41) is 9.66. The van der Waals surface area contributed by atoms with Gasteiger partial charge < -0.3 is 5.11 Å². The van der Waals surface area contributed by atoms with E-state index in [0.717, 1.165) is 6.54 Å². The smallest absolute Gasteiger partial charge is 0.372 e. The van der Waals surface area contributed by atoms with Crippen molar-refractivity contribution in [1.29, 1.82) is 0 Å². The van der Waals surface area contributed by atoms with E-state index in [9.17, 15) is 4.79 Å². The third-order valence-corrected chi connectivity index (χ3v) is 3.01. The summed E-state index contributed by atoms with van der Waals surface area (Å²) in [5.74, 6) is 0. The summed E-state index contributed by atoms with van der Waals surface area (Å²) in [6.07, 6.45) is 0. The summed E-state index contributed by atoms with van der Waals surface area (Å²) in [6.45, 7) is 4.81. The molecule has 3 nitrogen and oxygen atoms in total. The number of carbonyl (C=O) groups is 1. The first-order chi connectivity index (χ1) is 4.51. The van der Waals surface area contributed by atoms with Gasteiger partial charge in [-0.25, -0.2) is 4.79 Å². The Morgan fingerprint density at radius 1 is 1.80 bits per heavy atom. The topological polar surface area (TPSA) is 49.3 Å². The third kappa shape index (κ3) is 1.58. The molecule has 0 radical (unpaired) electrons. The van der Waals surface area contributed by atoms with Gasteiger partial charge in [-0.15, -0.1) is 0 Å². The van der Waals surface area contributed by atoms with Gasteiger partial charge in [0.2, 0.25) is 0 Å². The highest BCUT2D eigenvalue weighted by molar-refractivity contribution is 8.26. The van der Waals surface area contributed by atoms with Crippen LogP contribution >= 0.6 is 10.7 Å². The van der Waals surface area contributed by atoms with Crippen LogP contribution in [0.5, 0.6) is 0 Å². The zero-order chi connectivity index (χ0) is 7.78. The Morgan fingerprint density at radius 2 is 2.40 bits per heavy atom. The van der Waals surface area contributed by atoms with Gasteiger partial charge in [-0.3, -0.25) is 4.72 Å². The van der Waals surface area contributed by atoms with E-state index in [1.165, 1.54) is 0 Å². The third-order valence-electron chi connectivity index (χ3n) is 1.31. The van der Waals surface area contributed by atoms with Crippen LogP contribution in [0.15, 0.2) is 0 Å². The zero-order valence-electron chi connectivity index (χ0n) is 6.05. The van der Waals surface area contributed by atoms with Crippen molar-refractivity contribution >= 4 is 21.3 Å². The molecule has 0 saturated carbocycles. The Balaban J connectivity index is 2.76. The molecular weight excluding hydrogens is 150 g/mol. The molecule has 0 aromatic heterocycles. The molecule has 4 heteroatoms. The maximum Gasteiger partial charge on any atom is 0.372 e. The maximum atomic E-state index is 10.4. The van der Waals surface area contributed by atoms with Gasteiger partial charge in [-0.2, -0.15) is 0 Å². The van der Waals surface area contributed by atoms with E-state index in [1.54, 1.807) is 0 Å². The van der Waals surface area contributed by atoms with E-state index in [-0.39, 0.29) is 5.41 Å². The van der Waals surface area contributed by atoms with E-state index in [0.29, 0.717) is 0 Å². The van der Waals surface area contributed by atoms with E-state index in [2.05, 4.69) is 4.72 Å². The van der Waals surface area contributed by atoms with Crippen LogP contribution in [0.4, 0.5) is 4.79 Å². The van der Waals surface area contributed by atoms with E-state index in [4.69, 9.17) is 5.11 Å². The van der Waals surface area contributed by atoms with E-state index in [1.807, 2.05) is 19.2 Å². The lowest BCUT2D eigenvalue weighted by Crippen LogP contribution is -2.18. The van der Waals surface area contributed by atoms with Gasteiger partial charge in [0.1, 0.15) is 0 Å². The number of nitrogens with one attached hydrogen (secondary N) is 1. The number of hydrogen-bond acceptors (Lipinski definition) is 2. The molecule has 1 unspecified atom stereocenters. The highest BCUT2D eigenvalue weighted by Crippen LogP contribution is 2.25.